The minimum Gasteiger partial charge on any atom is -0.436 e. The van der Waals surface area contributed by atoms with E-state index in [9.17, 15) is 24.6 Å². The molecule has 3 aromatic rings. The summed E-state index contributed by atoms with van der Waals surface area (Å²) in [5.41, 5.74) is 3.85. The highest BCUT2D eigenvalue weighted by molar-refractivity contribution is 5.85. The van der Waals surface area contributed by atoms with E-state index in [1.54, 1.807) is 27.7 Å². The van der Waals surface area contributed by atoms with Crippen molar-refractivity contribution < 1.29 is 29.3 Å². The number of nitrogens with one attached hydrogen (secondary N) is 3. The number of hydrogen-bond donors (Lipinski definition) is 5. The van der Waals surface area contributed by atoms with Crippen LogP contribution in [0.1, 0.15) is 38.8 Å². The molecule has 43 heavy (non-hydrogen) atoms. The Morgan fingerprint density at radius 2 is 1.30 bits per heavy atom. The molecule has 0 fully saturated rings. The van der Waals surface area contributed by atoms with Crippen molar-refractivity contribution in [3.63, 3.8) is 0 Å². The summed E-state index contributed by atoms with van der Waals surface area (Å²) in [6, 6.07) is 25.8. The highest BCUT2D eigenvalue weighted by Gasteiger charge is 2.35. The lowest BCUT2D eigenvalue weighted by atomic mass is 9.95. The third-order valence-electron chi connectivity index (χ3n) is 6.90. The molecule has 0 aliphatic heterocycles. The maximum absolute atomic E-state index is 13.4. The van der Waals surface area contributed by atoms with E-state index >= 15 is 0 Å². The van der Waals surface area contributed by atoms with Crippen LogP contribution >= 0.6 is 0 Å². The van der Waals surface area contributed by atoms with Gasteiger partial charge in [0.25, 0.3) is 11.8 Å². The Hall–Kier alpha value is -4.21. The molecule has 0 bridgehead atoms. The molecule has 9 nitrogen and oxygen atoms in total. The second kappa shape index (κ2) is 16.4. The van der Waals surface area contributed by atoms with Crippen LogP contribution in [0.5, 0.6) is 0 Å². The van der Waals surface area contributed by atoms with E-state index in [4.69, 9.17) is 4.74 Å². The van der Waals surface area contributed by atoms with Crippen molar-refractivity contribution in [1.82, 2.24) is 16.0 Å². The van der Waals surface area contributed by atoms with E-state index in [-0.39, 0.29) is 12.5 Å². The van der Waals surface area contributed by atoms with Gasteiger partial charge < -0.3 is 30.9 Å². The zero-order valence-corrected chi connectivity index (χ0v) is 25.2. The van der Waals surface area contributed by atoms with Crippen LogP contribution in [-0.4, -0.2) is 65.1 Å². The van der Waals surface area contributed by atoms with E-state index in [2.05, 4.69) is 16.0 Å². The number of carbonyl (C=O) groups excluding carboxylic acids is 3. The molecule has 0 saturated heterocycles. The van der Waals surface area contributed by atoms with Crippen LogP contribution in [0.15, 0.2) is 84.9 Å². The maximum Gasteiger partial charge on any atom is 0.407 e. The van der Waals surface area contributed by atoms with Gasteiger partial charge in [-0.25, -0.2) is 4.79 Å². The standard InChI is InChI=1S/C34H43N3O6/c1-22(2)31(43-34(42)35-20-19-24-11-7-5-8-12-24)33(41)37-28(29(38)30(39)32(40)36-23(3)4)21-25-15-17-27(18-16-25)26-13-9-6-10-14-26/h5-18,22-23,28-31,38-39H,19-21H2,1-4H3,(H,35,42)(H,36,40)(H,37,41). The molecular weight excluding hydrogens is 546 g/mol. The number of carbonyl (C=O) groups is 3. The maximum atomic E-state index is 13.4. The van der Waals surface area contributed by atoms with E-state index in [0.29, 0.717) is 13.0 Å². The summed E-state index contributed by atoms with van der Waals surface area (Å²) >= 11 is 0. The largest absolute Gasteiger partial charge is 0.436 e. The van der Waals surface area contributed by atoms with Gasteiger partial charge in [0, 0.05) is 12.6 Å². The van der Waals surface area contributed by atoms with Crippen molar-refractivity contribution in [3.05, 3.63) is 96.1 Å². The molecule has 0 aliphatic rings. The zero-order chi connectivity index (χ0) is 31.4. The Kier molecular flexibility index (Phi) is 12.7. The van der Waals surface area contributed by atoms with Crippen molar-refractivity contribution >= 4 is 17.9 Å². The van der Waals surface area contributed by atoms with Crippen molar-refractivity contribution in [2.75, 3.05) is 6.54 Å². The van der Waals surface area contributed by atoms with Gasteiger partial charge in [-0.1, -0.05) is 98.8 Å². The SMILES string of the molecule is CC(C)NC(=O)C(O)C(O)C(Cc1ccc(-c2ccccc2)cc1)NC(=O)C(OC(=O)NCCc1ccccc1)C(C)C. The topological polar surface area (TPSA) is 137 Å². The molecule has 0 aromatic heterocycles. The lowest BCUT2D eigenvalue weighted by molar-refractivity contribution is -0.140. The van der Waals surface area contributed by atoms with Gasteiger partial charge in [-0.15, -0.1) is 0 Å². The van der Waals surface area contributed by atoms with Crippen molar-refractivity contribution in [2.45, 2.75) is 70.9 Å². The molecule has 0 radical (unpaired) electrons. The highest BCUT2D eigenvalue weighted by atomic mass is 16.6. The van der Waals surface area contributed by atoms with Crippen LogP contribution in [0, 0.1) is 5.92 Å². The van der Waals surface area contributed by atoms with Crippen LogP contribution in [-0.2, 0) is 27.2 Å². The van der Waals surface area contributed by atoms with Crippen molar-refractivity contribution in [3.8, 4) is 11.1 Å². The van der Waals surface area contributed by atoms with Crippen molar-refractivity contribution in [2.24, 2.45) is 5.92 Å². The third-order valence-corrected chi connectivity index (χ3v) is 6.90. The Bertz CT molecular complexity index is 1300. The summed E-state index contributed by atoms with van der Waals surface area (Å²) in [6.07, 6.45) is -4.63. The minimum atomic E-state index is -1.80. The number of amides is 3. The normalized spacial score (nSPS) is 14.0. The van der Waals surface area contributed by atoms with E-state index in [1.165, 1.54) is 0 Å². The van der Waals surface area contributed by atoms with E-state index in [0.717, 1.165) is 22.3 Å². The molecule has 4 atom stereocenters. The number of aliphatic hydroxyl groups excluding tert-OH is 2. The van der Waals surface area contributed by atoms with E-state index < -0.39 is 48.2 Å². The van der Waals surface area contributed by atoms with Gasteiger partial charge >= 0.3 is 6.09 Å². The molecule has 9 heteroatoms. The summed E-state index contributed by atoms with van der Waals surface area (Å²) in [6.45, 7) is 7.27. The smallest absolute Gasteiger partial charge is 0.407 e. The molecule has 0 aliphatic carbocycles. The van der Waals surface area contributed by atoms with Crippen LogP contribution < -0.4 is 16.0 Å². The first-order valence-electron chi connectivity index (χ1n) is 14.6. The van der Waals surface area contributed by atoms with Gasteiger partial charge in [-0.05, 0) is 54.9 Å². The monoisotopic (exact) mass is 589 g/mol. The summed E-state index contributed by atoms with van der Waals surface area (Å²) in [4.78, 5) is 38.5. The Morgan fingerprint density at radius 1 is 0.721 bits per heavy atom. The highest BCUT2D eigenvalue weighted by Crippen LogP contribution is 2.21. The van der Waals surface area contributed by atoms with Crippen LogP contribution in [0.4, 0.5) is 4.79 Å². The number of aliphatic hydroxyl groups is 2. The third kappa shape index (κ3) is 10.5. The molecule has 3 amide bonds. The number of rotatable bonds is 14. The van der Waals surface area contributed by atoms with Gasteiger partial charge in [0.1, 0.15) is 6.10 Å². The first-order chi connectivity index (χ1) is 20.5. The fourth-order valence-electron chi connectivity index (χ4n) is 4.59. The first kappa shape index (κ1) is 33.3. The predicted molar refractivity (Wildman–Crippen MR) is 166 cm³/mol. The van der Waals surface area contributed by atoms with E-state index in [1.807, 2.05) is 84.9 Å². The minimum absolute atomic E-state index is 0.113. The molecule has 0 spiro atoms. The Morgan fingerprint density at radius 3 is 1.88 bits per heavy atom. The Labute approximate surface area is 253 Å². The quantitative estimate of drug-likeness (QED) is 0.195. The fourth-order valence-corrected chi connectivity index (χ4v) is 4.59. The zero-order valence-electron chi connectivity index (χ0n) is 25.2. The lowest BCUT2D eigenvalue weighted by Crippen LogP contribution is -2.57. The summed E-state index contributed by atoms with van der Waals surface area (Å²) in [7, 11) is 0. The van der Waals surface area contributed by atoms with Gasteiger partial charge in [-0.2, -0.15) is 0 Å². The second-order valence-corrected chi connectivity index (χ2v) is 11.2. The summed E-state index contributed by atoms with van der Waals surface area (Å²) in [5, 5.41) is 29.7. The predicted octanol–water partition coefficient (Wildman–Crippen LogP) is 3.62. The van der Waals surface area contributed by atoms with Gasteiger partial charge in [0.05, 0.1) is 6.04 Å². The summed E-state index contributed by atoms with van der Waals surface area (Å²) in [5.74, 6) is -1.79. The van der Waals surface area contributed by atoms with Crippen LogP contribution in [0.25, 0.3) is 11.1 Å². The molecule has 0 saturated carbocycles. The average molecular weight is 590 g/mol. The molecule has 3 rings (SSSR count). The molecule has 3 aromatic carbocycles. The number of ether oxygens (including phenoxy) is 1. The van der Waals surface area contributed by atoms with Crippen LogP contribution in [0.2, 0.25) is 0 Å². The fraction of sp³-hybridized carbons (Fsp3) is 0.382. The van der Waals surface area contributed by atoms with Gasteiger partial charge in [0.15, 0.2) is 12.2 Å². The molecule has 230 valence electrons. The molecule has 4 unspecified atom stereocenters. The van der Waals surface area contributed by atoms with Gasteiger partial charge in [0.2, 0.25) is 0 Å². The van der Waals surface area contributed by atoms with Gasteiger partial charge in [-0.3, -0.25) is 9.59 Å². The number of alkyl carbamates (subject to hydrolysis) is 1. The number of benzene rings is 3. The molecular formula is C34H43N3O6. The molecule has 0 heterocycles. The first-order valence-corrected chi connectivity index (χ1v) is 14.6. The van der Waals surface area contributed by atoms with Crippen molar-refractivity contribution in [1.29, 1.82) is 0 Å². The second-order valence-electron chi connectivity index (χ2n) is 11.2. The average Bonchev–Trinajstić information content (AvgIpc) is 2.99. The molecule has 5 N–H and O–H groups in total. The lowest BCUT2D eigenvalue weighted by Gasteiger charge is -2.30. The van der Waals surface area contributed by atoms with Crippen LogP contribution in [0.3, 0.4) is 0 Å². The number of hydrogen-bond acceptors (Lipinski definition) is 6. The summed E-state index contributed by atoms with van der Waals surface area (Å²) < 4.78 is 5.48. The Balaban J connectivity index is 1.72.